The maximum atomic E-state index is 11.9. The molecule has 1 amide bonds. The third-order valence-corrected chi connectivity index (χ3v) is 3.85. The van der Waals surface area contributed by atoms with Gasteiger partial charge in [0.05, 0.1) is 6.54 Å². The Morgan fingerprint density at radius 2 is 2.17 bits per heavy atom. The van der Waals surface area contributed by atoms with Gasteiger partial charge in [0.15, 0.2) is 0 Å². The van der Waals surface area contributed by atoms with Crippen LogP contribution in [0.3, 0.4) is 0 Å². The molecule has 1 rings (SSSR count). The Kier molecular flexibility index (Phi) is 6.65. The molecule has 0 radical (unpaired) electrons. The molecule has 4 heteroatoms. The van der Waals surface area contributed by atoms with E-state index in [0.717, 1.165) is 19.6 Å². The second-order valence-electron chi connectivity index (χ2n) is 5.76. The van der Waals surface area contributed by atoms with Crippen LogP contribution in [-0.4, -0.2) is 43.0 Å². The van der Waals surface area contributed by atoms with Crippen LogP contribution in [-0.2, 0) is 4.79 Å². The molecule has 18 heavy (non-hydrogen) atoms. The fourth-order valence-electron chi connectivity index (χ4n) is 2.79. The van der Waals surface area contributed by atoms with Crippen LogP contribution in [0.25, 0.3) is 0 Å². The lowest BCUT2D eigenvalue weighted by Gasteiger charge is -2.31. The van der Waals surface area contributed by atoms with Crippen LogP contribution in [0.2, 0.25) is 0 Å². The molecule has 0 aromatic heterocycles. The Labute approximate surface area is 111 Å². The van der Waals surface area contributed by atoms with Gasteiger partial charge in [-0.25, -0.2) is 0 Å². The van der Waals surface area contributed by atoms with Crippen molar-refractivity contribution in [2.75, 3.05) is 26.2 Å². The highest BCUT2D eigenvalue weighted by atomic mass is 16.2. The SMILES string of the molecule is CCN(CC(=O)NCC(C)C)C1CCCC1CN. The number of amides is 1. The van der Waals surface area contributed by atoms with E-state index in [1.165, 1.54) is 19.3 Å². The average molecular weight is 255 g/mol. The topological polar surface area (TPSA) is 58.4 Å². The zero-order valence-corrected chi connectivity index (χ0v) is 12.1. The average Bonchev–Trinajstić information content (AvgIpc) is 2.81. The number of nitrogens with one attached hydrogen (secondary N) is 1. The molecule has 106 valence electrons. The molecule has 0 bridgehead atoms. The lowest BCUT2D eigenvalue weighted by atomic mass is 10.0. The summed E-state index contributed by atoms with van der Waals surface area (Å²) in [5.41, 5.74) is 5.82. The highest BCUT2D eigenvalue weighted by molar-refractivity contribution is 5.78. The largest absolute Gasteiger partial charge is 0.355 e. The van der Waals surface area contributed by atoms with Crippen LogP contribution >= 0.6 is 0 Å². The molecule has 1 aliphatic rings. The zero-order chi connectivity index (χ0) is 13.5. The second kappa shape index (κ2) is 7.74. The van der Waals surface area contributed by atoms with E-state index in [0.29, 0.717) is 24.4 Å². The van der Waals surface area contributed by atoms with Gasteiger partial charge in [-0.2, -0.15) is 0 Å². The van der Waals surface area contributed by atoms with Gasteiger partial charge in [-0.1, -0.05) is 27.2 Å². The minimum absolute atomic E-state index is 0.147. The van der Waals surface area contributed by atoms with Crippen molar-refractivity contribution < 1.29 is 4.79 Å². The van der Waals surface area contributed by atoms with Gasteiger partial charge in [-0.3, -0.25) is 9.69 Å². The molecule has 0 spiro atoms. The van der Waals surface area contributed by atoms with Crippen molar-refractivity contribution in [3.8, 4) is 0 Å². The maximum absolute atomic E-state index is 11.9. The summed E-state index contributed by atoms with van der Waals surface area (Å²) in [6.07, 6.45) is 3.65. The maximum Gasteiger partial charge on any atom is 0.234 e. The van der Waals surface area contributed by atoms with Crippen molar-refractivity contribution in [3.63, 3.8) is 0 Å². The van der Waals surface area contributed by atoms with Gasteiger partial charge >= 0.3 is 0 Å². The Bertz CT molecular complexity index is 255. The summed E-state index contributed by atoms with van der Waals surface area (Å²) in [5, 5.41) is 2.99. The monoisotopic (exact) mass is 255 g/mol. The number of likely N-dealkylation sites (N-methyl/N-ethyl adjacent to an activating group) is 1. The van der Waals surface area contributed by atoms with E-state index in [1.54, 1.807) is 0 Å². The molecule has 1 aliphatic carbocycles. The normalized spacial score (nSPS) is 23.9. The second-order valence-corrected chi connectivity index (χ2v) is 5.76. The summed E-state index contributed by atoms with van der Waals surface area (Å²) < 4.78 is 0. The molecule has 1 saturated carbocycles. The molecule has 0 aromatic rings. The van der Waals surface area contributed by atoms with Crippen LogP contribution in [0, 0.1) is 11.8 Å². The molecule has 2 atom stereocenters. The molecule has 0 aliphatic heterocycles. The molecule has 1 fully saturated rings. The number of carbonyl (C=O) groups is 1. The quantitative estimate of drug-likeness (QED) is 0.719. The van der Waals surface area contributed by atoms with Gasteiger partial charge in [0.25, 0.3) is 0 Å². The molecule has 0 heterocycles. The highest BCUT2D eigenvalue weighted by Crippen LogP contribution is 2.28. The van der Waals surface area contributed by atoms with Gasteiger partial charge in [0, 0.05) is 12.6 Å². The first-order valence-electron chi connectivity index (χ1n) is 7.29. The third kappa shape index (κ3) is 4.58. The van der Waals surface area contributed by atoms with E-state index < -0.39 is 0 Å². The molecule has 2 unspecified atom stereocenters. The van der Waals surface area contributed by atoms with Crippen LogP contribution < -0.4 is 11.1 Å². The van der Waals surface area contributed by atoms with Crippen molar-refractivity contribution in [1.29, 1.82) is 0 Å². The lowest BCUT2D eigenvalue weighted by molar-refractivity contribution is -0.123. The van der Waals surface area contributed by atoms with Crippen LogP contribution in [0.4, 0.5) is 0 Å². The van der Waals surface area contributed by atoms with Crippen molar-refractivity contribution in [2.24, 2.45) is 17.6 Å². The zero-order valence-electron chi connectivity index (χ0n) is 12.1. The summed E-state index contributed by atoms with van der Waals surface area (Å²) >= 11 is 0. The summed E-state index contributed by atoms with van der Waals surface area (Å²) in [6.45, 7) is 9.30. The molecular weight excluding hydrogens is 226 g/mol. The lowest BCUT2D eigenvalue weighted by Crippen LogP contribution is -2.46. The minimum Gasteiger partial charge on any atom is -0.355 e. The highest BCUT2D eigenvalue weighted by Gasteiger charge is 2.31. The Hall–Kier alpha value is -0.610. The molecule has 4 nitrogen and oxygen atoms in total. The molecular formula is C14H29N3O. The van der Waals surface area contributed by atoms with Gasteiger partial charge < -0.3 is 11.1 Å². The smallest absolute Gasteiger partial charge is 0.234 e. The fraction of sp³-hybridized carbons (Fsp3) is 0.929. The minimum atomic E-state index is 0.147. The fourth-order valence-corrected chi connectivity index (χ4v) is 2.79. The van der Waals surface area contributed by atoms with Crippen LogP contribution in [0.1, 0.15) is 40.0 Å². The van der Waals surface area contributed by atoms with Gasteiger partial charge in [-0.05, 0) is 37.8 Å². The van der Waals surface area contributed by atoms with Gasteiger partial charge in [-0.15, -0.1) is 0 Å². The predicted octanol–water partition coefficient (Wildman–Crippen LogP) is 1.21. The number of nitrogens with two attached hydrogens (primary N) is 1. The summed E-state index contributed by atoms with van der Waals surface area (Å²) in [7, 11) is 0. The first-order chi connectivity index (χ1) is 8.58. The number of nitrogens with zero attached hydrogens (tertiary/aromatic N) is 1. The Morgan fingerprint density at radius 3 is 2.72 bits per heavy atom. The van der Waals surface area contributed by atoms with Crippen molar-refractivity contribution >= 4 is 5.91 Å². The summed E-state index contributed by atoms with van der Waals surface area (Å²) in [6, 6.07) is 0.504. The van der Waals surface area contributed by atoms with E-state index in [2.05, 4.69) is 31.0 Å². The Morgan fingerprint density at radius 1 is 1.44 bits per heavy atom. The van der Waals surface area contributed by atoms with Crippen molar-refractivity contribution in [3.05, 3.63) is 0 Å². The first kappa shape index (κ1) is 15.4. The van der Waals surface area contributed by atoms with E-state index in [1.807, 2.05) is 0 Å². The first-order valence-corrected chi connectivity index (χ1v) is 7.29. The molecule has 0 saturated heterocycles. The summed E-state index contributed by atoms with van der Waals surface area (Å²) in [4.78, 5) is 14.2. The number of rotatable bonds is 7. The van der Waals surface area contributed by atoms with Gasteiger partial charge in [0.2, 0.25) is 5.91 Å². The summed E-state index contributed by atoms with van der Waals surface area (Å²) in [5.74, 6) is 1.23. The van der Waals surface area contributed by atoms with Crippen molar-refractivity contribution in [1.82, 2.24) is 10.2 Å². The molecule has 3 N–H and O–H groups in total. The third-order valence-electron chi connectivity index (χ3n) is 3.85. The Balaban J connectivity index is 2.43. The predicted molar refractivity (Wildman–Crippen MR) is 75.3 cm³/mol. The standard InChI is InChI=1S/C14H29N3O/c1-4-17(10-14(18)16-9-11(2)3)13-7-5-6-12(13)8-15/h11-13H,4-10,15H2,1-3H3,(H,16,18). The van der Waals surface area contributed by atoms with Crippen molar-refractivity contribution in [2.45, 2.75) is 46.1 Å². The van der Waals surface area contributed by atoms with E-state index in [9.17, 15) is 4.79 Å². The number of hydrogen-bond acceptors (Lipinski definition) is 3. The number of hydrogen-bond donors (Lipinski definition) is 2. The van der Waals surface area contributed by atoms with Gasteiger partial charge in [0.1, 0.15) is 0 Å². The van der Waals surface area contributed by atoms with E-state index >= 15 is 0 Å². The van der Waals surface area contributed by atoms with Crippen LogP contribution in [0.15, 0.2) is 0 Å². The number of carbonyl (C=O) groups excluding carboxylic acids is 1. The molecule has 0 aromatic carbocycles. The van der Waals surface area contributed by atoms with E-state index in [-0.39, 0.29) is 5.91 Å². The van der Waals surface area contributed by atoms with E-state index in [4.69, 9.17) is 5.73 Å². The van der Waals surface area contributed by atoms with Crippen LogP contribution in [0.5, 0.6) is 0 Å².